The molecular formula is C12H19N5O2. The number of anilines is 1. The van der Waals surface area contributed by atoms with Crippen molar-refractivity contribution in [2.75, 3.05) is 18.9 Å². The number of nitrogens with two attached hydrogens (primary N) is 1. The number of hydrogen-bond acceptors (Lipinski definition) is 4. The summed E-state index contributed by atoms with van der Waals surface area (Å²) in [5, 5.41) is 9.34. The minimum atomic E-state index is -0.414. The lowest BCUT2D eigenvalue weighted by molar-refractivity contribution is -0.129. The van der Waals surface area contributed by atoms with Gasteiger partial charge in [-0.3, -0.25) is 14.3 Å². The zero-order chi connectivity index (χ0) is 13.9. The molecule has 0 bridgehead atoms. The van der Waals surface area contributed by atoms with Crippen molar-refractivity contribution >= 4 is 17.5 Å². The second-order valence-corrected chi connectivity index (χ2v) is 4.89. The third-order valence-corrected chi connectivity index (χ3v) is 3.66. The van der Waals surface area contributed by atoms with Crippen LogP contribution in [0.2, 0.25) is 0 Å². The van der Waals surface area contributed by atoms with Crippen LogP contribution in [-0.2, 0) is 16.1 Å². The van der Waals surface area contributed by atoms with Crippen molar-refractivity contribution in [3.63, 3.8) is 0 Å². The molecule has 1 aliphatic carbocycles. The Bertz CT molecular complexity index is 473. The van der Waals surface area contributed by atoms with Crippen molar-refractivity contribution in [2.45, 2.75) is 25.8 Å². The van der Waals surface area contributed by atoms with E-state index in [9.17, 15) is 9.59 Å². The van der Waals surface area contributed by atoms with Crippen LogP contribution in [0.15, 0.2) is 12.4 Å². The molecule has 0 saturated heterocycles. The largest absolute Gasteiger partial charge is 0.358 e. The first-order valence-electron chi connectivity index (χ1n) is 6.34. The Balaban J connectivity index is 1.96. The van der Waals surface area contributed by atoms with Gasteiger partial charge in [0.05, 0.1) is 17.3 Å². The highest BCUT2D eigenvalue weighted by molar-refractivity contribution is 5.95. The molecule has 0 spiro atoms. The maximum Gasteiger partial charge on any atom is 0.241 e. The summed E-state index contributed by atoms with van der Waals surface area (Å²) in [6.45, 7) is 0.500. The smallest absolute Gasteiger partial charge is 0.241 e. The highest BCUT2D eigenvalue weighted by atomic mass is 16.2. The number of carbonyl (C=O) groups excluding carboxylic acids is 2. The Morgan fingerprint density at radius 1 is 1.53 bits per heavy atom. The fourth-order valence-electron chi connectivity index (χ4n) is 2.13. The van der Waals surface area contributed by atoms with Crippen LogP contribution in [0.25, 0.3) is 0 Å². The molecule has 104 valence electrons. The van der Waals surface area contributed by atoms with Gasteiger partial charge in [0.25, 0.3) is 0 Å². The van der Waals surface area contributed by atoms with E-state index in [2.05, 4.69) is 15.7 Å². The molecule has 2 amide bonds. The summed E-state index contributed by atoms with van der Waals surface area (Å²) in [4.78, 5) is 23.3. The van der Waals surface area contributed by atoms with Gasteiger partial charge in [-0.25, -0.2) is 0 Å². The molecule has 0 radical (unpaired) electrons. The quantitative estimate of drug-likeness (QED) is 0.680. The molecular weight excluding hydrogens is 246 g/mol. The van der Waals surface area contributed by atoms with Crippen molar-refractivity contribution in [3.8, 4) is 0 Å². The molecule has 0 aliphatic heterocycles. The lowest BCUT2D eigenvalue weighted by Gasteiger charge is -2.38. The predicted molar refractivity (Wildman–Crippen MR) is 70.3 cm³/mol. The molecule has 1 aromatic rings. The van der Waals surface area contributed by atoms with E-state index in [1.807, 2.05) is 0 Å². The lowest BCUT2D eigenvalue weighted by atomic mass is 9.68. The van der Waals surface area contributed by atoms with Crippen molar-refractivity contribution in [2.24, 2.45) is 11.1 Å². The van der Waals surface area contributed by atoms with Gasteiger partial charge in [0.15, 0.2) is 0 Å². The minimum absolute atomic E-state index is 0.0549. The Kier molecular flexibility index (Phi) is 3.84. The molecule has 0 aromatic carbocycles. The van der Waals surface area contributed by atoms with Crippen LogP contribution in [0.1, 0.15) is 19.3 Å². The molecule has 4 N–H and O–H groups in total. The summed E-state index contributed by atoms with van der Waals surface area (Å²) in [7, 11) is 1.57. The van der Waals surface area contributed by atoms with Gasteiger partial charge >= 0.3 is 0 Å². The first-order valence-corrected chi connectivity index (χ1v) is 6.34. The second-order valence-electron chi connectivity index (χ2n) is 4.89. The van der Waals surface area contributed by atoms with Crippen LogP contribution < -0.4 is 16.4 Å². The third-order valence-electron chi connectivity index (χ3n) is 3.66. The molecule has 1 aliphatic rings. The first-order chi connectivity index (χ1) is 9.09. The van der Waals surface area contributed by atoms with E-state index in [1.54, 1.807) is 13.2 Å². The fourth-order valence-corrected chi connectivity index (χ4v) is 2.13. The van der Waals surface area contributed by atoms with Gasteiger partial charge in [0.1, 0.15) is 6.54 Å². The zero-order valence-corrected chi connectivity index (χ0v) is 11.0. The molecule has 1 heterocycles. The average Bonchev–Trinajstić information content (AvgIpc) is 2.75. The maximum atomic E-state index is 12.1. The monoisotopic (exact) mass is 265 g/mol. The van der Waals surface area contributed by atoms with E-state index in [0.29, 0.717) is 12.2 Å². The van der Waals surface area contributed by atoms with Gasteiger partial charge in [0, 0.05) is 19.8 Å². The molecule has 1 aromatic heterocycles. The number of hydrogen-bond donors (Lipinski definition) is 3. The number of nitrogens with zero attached hydrogens (tertiary/aromatic N) is 2. The van der Waals surface area contributed by atoms with Gasteiger partial charge < -0.3 is 16.4 Å². The minimum Gasteiger partial charge on any atom is -0.358 e. The third kappa shape index (κ3) is 2.76. The summed E-state index contributed by atoms with van der Waals surface area (Å²) >= 11 is 0. The summed E-state index contributed by atoms with van der Waals surface area (Å²) < 4.78 is 1.48. The Morgan fingerprint density at radius 2 is 2.26 bits per heavy atom. The number of amides is 2. The number of rotatable bonds is 5. The number of nitrogens with one attached hydrogen (secondary N) is 2. The van der Waals surface area contributed by atoms with Gasteiger partial charge in [-0.1, -0.05) is 6.42 Å². The number of carbonyl (C=O) groups is 2. The second kappa shape index (κ2) is 5.40. The molecule has 1 fully saturated rings. The Morgan fingerprint density at radius 3 is 2.79 bits per heavy atom. The van der Waals surface area contributed by atoms with Crippen molar-refractivity contribution in [1.82, 2.24) is 15.1 Å². The van der Waals surface area contributed by atoms with Gasteiger partial charge in [-0.2, -0.15) is 5.10 Å². The van der Waals surface area contributed by atoms with Crippen LogP contribution in [0, 0.1) is 5.41 Å². The van der Waals surface area contributed by atoms with Gasteiger partial charge in [0.2, 0.25) is 11.8 Å². The van der Waals surface area contributed by atoms with Crippen molar-refractivity contribution in [1.29, 1.82) is 0 Å². The molecule has 0 unspecified atom stereocenters. The van der Waals surface area contributed by atoms with Crippen LogP contribution >= 0.6 is 0 Å². The Hall–Kier alpha value is -1.89. The number of likely N-dealkylation sites (N-methyl/N-ethyl adjacent to an activating group) is 1. The van der Waals surface area contributed by atoms with Gasteiger partial charge in [-0.05, 0) is 12.8 Å². The topological polar surface area (TPSA) is 102 Å². The maximum absolute atomic E-state index is 12.1. The predicted octanol–water partition coefficient (Wildman–Crippen LogP) is -0.303. The van der Waals surface area contributed by atoms with Crippen molar-refractivity contribution in [3.05, 3.63) is 12.4 Å². The molecule has 1 saturated carbocycles. The van der Waals surface area contributed by atoms with E-state index in [1.165, 1.54) is 10.9 Å². The Labute approximate surface area is 111 Å². The summed E-state index contributed by atoms with van der Waals surface area (Å²) in [6.07, 6.45) is 5.88. The molecule has 7 nitrogen and oxygen atoms in total. The van der Waals surface area contributed by atoms with Crippen LogP contribution in [0.4, 0.5) is 5.69 Å². The standard InChI is InChI=1S/C12H19N5O2/c1-14-10(18)7-17-6-9(5-15-17)16-11(19)12(8-13)3-2-4-12/h5-6H,2-4,7-8,13H2,1H3,(H,14,18)(H,16,19). The zero-order valence-electron chi connectivity index (χ0n) is 11.0. The molecule has 7 heteroatoms. The first kappa shape index (κ1) is 13.5. The normalized spacial score (nSPS) is 16.5. The number of aromatic nitrogens is 2. The van der Waals surface area contributed by atoms with E-state index in [4.69, 9.17) is 5.73 Å². The highest BCUT2D eigenvalue weighted by Gasteiger charge is 2.42. The van der Waals surface area contributed by atoms with Crippen LogP contribution in [0.5, 0.6) is 0 Å². The average molecular weight is 265 g/mol. The van der Waals surface area contributed by atoms with E-state index >= 15 is 0 Å². The fraction of sp³-hybridized carbons (Fsp3) is 0.583. The van der Waals surface area contributed by atoms with Crippen LogP contribution in [-0.4, -0.2) is 35.2 Å². The van der Waals surface area contributed by atoms with Gasteiger partial charge in [-0.15, -0.1) is 0 Å². The molecule has 0 atom stereocenters. The summed E-state index contributed by atoms with van der Waals surface area (Å²) in [6, 6.07) is 0. The van der Waals surface area contributed by atoms with E-state index in [-0.39, 0.29) is 18.4 Å². The SMILES string of the molecule is CNC(=O)Cn1cc(NC(=O)C2(CN)CCC2)cn1. The van der Waals surface area contributed by atoms with E-state index < -0.39 is 5.41 Å². The molecule has 2 rings (SSSR count). The van der Waals surface area contributed by atoms with E-state index in [0.717, 1.165) is 19.3 Å². The van der Waals surface area contributed by atoms with Crippen molar-refractivity contribution < 1.29 is 9.59 Å². The lowest BCUT2D eigenvalue weighted by Crippen LogP contribution is -2.47. The summed E-state index contributed by atoms with van der Waals surface area (Å²) in [5.41, 5.74) is 5.86. The summed E-state index contributed by atoms with van der Waals surface area (Å²) in [5.74, 6) is -0.195. The van der Waals surface area contributed by atoms with Crippen LogP contribution in [0.3, 0.4) is 0 Å². The molecule has 19 heavy (non-hydrogen) atoms. The highest BCUT2D eigenvalue weighted by Crippen LogP contribution is 2.40.